The number of halogens is 3. The molecule has 6 nitrogen and oxygen atoms in total. The molecule has 9 heteroatoms. The largest absolute Gasteiger partial charge is 0.477 e. The minimum atomic E-state index is -4.41. The summed E-state index contributed by atoms with van der Waals surface area (Å²) in [7, 11) is 0. The van der Waals surface area contributed by atoms with E-state index in [1.165, 1.54) is 18.3 Å². The number of pyridine rings is 1. The molecule has 0 unspecified atom stereocenters. The van der Waals surface area contributed by atoms with E-state index in [4.69, 9.17) is 5.11 Å². The lowest BCUT2D eigenvalue weighted by molar-refractivity contribution is -0.174. The van der Waals surface area contributed by atoms with Gasteiger partial charge in [-0.2, -0.15) is 13.2 Å². The number of carbonyl (C=O) groups is 2. The number of amides is 1. The maximum atomic E-state index is 11.8. The number of hydrogen-bond donors (Lipinski definition) is 2. The number of ether oxygens (including phenoxy) is 1. The second kappa shape index (κ2) is 7.58. The molecule has 0 aliphatic heterocycles. The number of rotatable bonds is 7. The molecule has 0 fully saturated rings. The van der Waals surface area contributed by atoms with Gasteiger partial charge >= 0.3 is 12.1 Å². The van der Waals surface area contributed by atoms with Crippen LogP contribution in [0.2, 0.25) is 0 Å². The molecule has 116 valence electrons. The second-order valence-electron chi connectivity index (χ2n) is 4.05. The number of aromatic carboxylic acids is 1. The SMILES string of the molecule is O=C(CCOCC(F)(F)F)NCc1ccc(C(=O)O)nc1. The average Bonchev–Trinajstić information content (AvgIpc) is 2.41. The van der Waals surface area contributed by atoms with E-state index in [1.54, 1.807) is 0 Å². The number of carbonyl (C=O) groups excluding carboxylic acids is 1. The molecule has 0 bridgehead atoms. The highest BCUT2D eigenvalue weighted by Gasteiger charge is 2.27. The van der Waals surface area contributed by atoms with Gasteiger partial charge in [0.15, 0.2) is 0 Å². The smallest absolute Gasteiger partial charge is 0.411 e. The van der Waals surface area contributed by atoms with Gasteiger partial charge in [0.2, 0.25) is 5.91 Å². The first-order chi connectivity index (χ1) is 9.78. The highest BCUT2D eigenvalue weighted by molar-refractivity contribution is 5.85. The Morgan fingerprint density at radius 3 is 2.57 bits per heavy atom. The lowest BCUT2D eigenvalue weighted by Gasteiger charge is -2.08. The van der Waals surface area contributed by atoms with Crippen LogP contribution in [0.3, 0.4) is 0 Å². The second-order valence-corrected chi connectivity index (χ2v) is 4.05. The summed E-state index contributed by atoms with van der Waals surface area (Å²) >= 11 is 0. The van der Waals surface area contributed by atoms with E-state index in [1.807, 2.05) is 0 Å². The lowest BCUT2D eigenvalue weighted by atomic mass is 10.2. The number of nitrogens with zero attached hydrogens (tertiary/aromatic N) is 1. The summed E-state index contributed by atoms with van der Waals surface area (Å²) in [6.07, 6.45) is -3.31. The van der Waals surface area contributed by atoms with Crippen LogP contribution in [0.1, 0.15) is 22.5 Å². The molecule has 0 spiro atoms. The minimum Gasteiger partial charge on any atom is -0.477 e. The van der Waals surface area contributed by atoms with Crippen molar-refractivity contribution in [3.63, 3.8) is 0 Å². The van der Waals surface area contributed by atoms with Gasteiger partial charge in [-0.25, -0.2) is 9.78 Å². The van der Waals surface area contributed by atoms with Gasteiger partial charge in [-0.3, -0.25) is 4.79 Å². The fraction of sp³-hybridized carbons (Fsp3) is 0.417. The molecule has 0 atom stereocenters. The Morgan fingerprint density at radius 2 is 2.05 bits per heavy atom. The van der Waals surface area contributed by atoms with E-state index in [2.05, 4.69) is 15.0 Å². The summed E-state index contributed by atoms with van der Waals surface area (Å²) in [5.74, 6) is -1.63. The van der Waals surface area contributed by atoms with E-state index in [0.29, 0.717) is 5.56 Å². The molecule has 1 rings (SSSR count). The highest BCUT2D eigenvalue weighted by Crippen LogP contribution is 2.14. The van der Waals surface area contributed by atoms with Crippen molar-refractivity contribution >= 4 is 11.9 Å². The minimum absolute atomic E-state index is 0.102. The quantitative estimate of drug-likeness (QED) is 0.743. The van der Waals surface area contributed by atoms with E-state index in [9.17, 15) is 22.8 Å². The third-order valence-corrected chi connectivity index (χ3v) is 2.27. The van der Waals surface area contributed by atoms with Crippen LogP contribution in [-0.2, 0) is 16.1 Å². The number of nitrogens with one attached hydrogen (secondary N) is 1. The first-order valence-corrected chi connectivity index (χ1v) is 5.87. The normalized spacial score (nSPS) is 11.2. The van der Waals surface area contributed by atoms with E-state index in [-0.39, 0.29) is 25.3 Å². The Kier molecular flexibility index (Phi) is 6.10. The Hall–Kier alpha value is -2.16. The maximum Gasteiger partial charge on any atom is 0.411 e. The molecule has 2 N–H and O–H groups in total. The van der Waals surface area contributed by atoms with Gasteiger partial charge in [-0.1, -0.05) is 6.07 Å². The summed E-state index contributed by atoms with van der Waals surface area (Å²) in [5.41, 5.74) is 0.454. The van der Waals surface area contributed by atoms with Crippen LogP contribution in [0.15, 0.2) is 18.3 Å². The van der Waals surface area contributed by atoms with Gasteiger partial charge in [0.25, 0.3) is 0 Å². The predicted octanol–water partition coefficient (Wildman–Crippen LogP) is 1.36. The standard InChI is InChI=1S/C12H13F3N2O4/c13-12(14,15)7-21-4-3-10(18)17-6-8-1-2-9(11(19)20)16-5-8/h1-2,5H,3-4,6-7H2,(H,17,18)(H,19,20). The third kappa shape index (κ3) is 7.25. The van der Waals surface area contributed by atoms with Crippen LogP contribution in [-0.4, -0.2) is 41.4 Å². The van der Waals surface area contributed by atoms with Crippen LogP contribution < -0.4 is 5.32 Å². The molecule has 0 aromatic carbocycles. The Bertz CT molecular complexity index is 488. The van der Waals surface area contributed by atoms with Gasteiger partial charge in [0, 0.05) is 19.2 Å². The van der Waals surface area contributed by atoms with Crippen molar-refractivity contribution < 1.29 is 32.6 Å². The number of aromatic nitrogens is 1. The van der Waals surface area contributed by atoms with Crippen molar-refractivity contribution in [1.29, 1.82) is 0 Å². The van der Waals surface area contributed by atoms with Crippen LogP contribution >= 0.6 is 0 Å². The molecular weight excluding hydrogens is 293 g/mol. The van der Waals surface area contributed by atoms with Gasteiger partial charge in [0.05, 0.1) is 6.61 Å². The number of hydrogen-bond acceptors (Lipinski definition) is 4. The van der Waals surface area contributed by atoms with Crippen LogP contribution in [0.5, 0.6) is 0 Å². The third-order valence-electron chi connectivity index (χ3n) is 2.27. The fourth-order valence-electron chi connectivity index (χ4n) is 1.30. The molecule has 0 radical (unpaired) electrons. The first-order valence-electron chi connectivity index (χ1n) is 5.87. The molecule has 1 heterocycles. The van der Waals surface area contributed by atoms with Crippen LogP contribution in [0, 0.1) is 0 Å². The van der Waals surface area contributed by atoms with Crippen molar-refractivity contribution in [3.8, 4) is 0 Å². The summed E-state index contributed by atoms with van der Waals surface area (Å²) < 4.78 is 39.6. The lowest BCUT2D eigenvalue weighted by Crippen LogP contribution is -2.25. The van der Waals surface area contributed by atoms with Crippen molar-refractivity contribution in [2.45, 2.75) is 19.1 Å². The summed E-state index contributed by atoms with van der Waals surface area (Å²) in [4.78, 5) is 25.6. The van der Waals surface area contributed by atoms with Gasteiger partial charge in [0.1, 0.15) is 12.3 Å². The van der Waals surface area contributed by atoms with Crippen molar-refractivity contribution in [3.05, 3.63) is 29.6 Å². The summed E-state index contributed by atoms with van der Waals surface area (Å²) in [6.45, 7) is -1.62. The van der Waals surface area contributed by atoms with Crippen molar-refractivity contribution in [1.82, 2.24) is 10.3 Å². The molecule has 1 amide bonds. The van der Waals surface area contributed by atoms with E-state index < -0.39 is 24.7 Å². The molecule has 0 aliphatic rings. The maximum absolute atomic E-state index is 11.8. The van der Waals surface area contributed by atoms with Gasteiger partial charge < -0.3 is 15.2 Å². The molecule has 1 aromatic heterocycles. The predicted molar refractivity (Wildman–Crippen MR) is 64.5 cm³/mol. The first kappa shape index (κ1) is 16.9. The number of carboxylic acids is 1. The van der Waals surface area contributed by atoms with Crippen molar-refractivity contribution in [2.24, 2.45) is 0 Å². The molecule has 0 saturated heterocycles. The zero-order valence-electron chi connectivity index (χ0n) is 10.8. The summed E-state index contributed by atoms with van der Waals surface area (Å²) in [5, 5.41) is 11.1. The van der Waals surface area contributed by atoms with Crippen molar-refractivity contribution in [2.75, 3.05) is 13.2 Å². The van der Waals surface area contributed by atoms with Crippen LogP contribution in [0.4, 0.5) is 13.2 Å². The Balaban J connectivity index is 2.25. The zero-order valence-corrected chi connectivity index (χ0v) is 10.8. The van der Waals surface area contributed by atoms with Crippen LogP contribution in [0.25, 0.3) is 0 Å². The van der Waals surface area contributed by atoms with Gasteiger partial charge in [-0.05, 0) is 11.6 Å². The van der Waals surface area contributed by atoms with E-state index >= 15 is 0 Å². The Morgan fingerprint density at radius 1 is 1.33 bits per heavy atom. The topological polar surface area (TPSA) is 88.5 Å². The highest BCUT2D eigenvalue weighted by atomic mass is 19.4. The average molecular weight is 306 g/mol. The molecule has 1 aromatic rings. The number of carboxylic acid groups (broad SMARTS) is 1. The zero-order chi connectivity index (χ0) is 15.9. The van der Waals surface area contributed by atoms with E-state index in [0.717, 1.165) is 0 Å². The molecule has 21 heavy (non-hydrogen) atoms. The molecule has 0 aliphatic carbocycles. The molecular formula is C12H13F3N2O4. The monoisotopic (exact) mass is 306 g/mol. The summed E-state index contributed by atoms with van der Waals surface area (Å²) in [6, 6.07) is 2.77. The molecule has 0 saturated carbocycles. The fourth-order valence-corrected chi connectivity index (χ4v) is 1.30. The Labute approximate surface area is 117 Å². The number of alkyl halides is 3. The van der Waals surface area contributed by atoms with Gasteiger partial charge in [-0.15, -0.1) is 0 Å².